The van der Waals surface area contributed by atoms with Crippen LogP contribution in [0.25, 0.3) is 11.3 Å². The van der Waals surface area contributed by atoms with Crippen molar-refractivity contribution in [2.24, 2.45) is 0 Å². The van der Waals surface area contributed by atoms with Gasteiger partial charge in [-0.15, -0.1) is 0 Å². The number of nitrogens with zero attached hydrogens (tertiary/aromatic N) is 3. The Bertz CT molecular complexity index is 700. The molecule has 128 valence electrons. The van der Waals surface area contributed by atoms with Crippen molar-refractivity contribution >= 4 is 5.82 Å². The molecule has 0 atom stereocenters. The lowest BCUT2D eigenvalue weighted by Crippen LogP contribution is -2.30. The van der Waals surface area contributed by atoms with Crippen molar-refractivity contribution in [2.75, 3.05) is 39.3 Å². The fourth-order valence-electron chi connectivity index (χ4n) is 3.09. The molecule has 0 aliphatic carbocycles. The maximum atomic E-state index is 5.57. The van der Waals surface area contributed by atoms with Crippen molar-refractivity contribution in [1.29, 1.82) is 0 Å². The summed E-state index contributed by atoms with van der Waals surface area (Å²) < 4.78 is 16.4. The highest BCUT2D eigenvalue weighted by Crippen LogP contribution is 2.44. The van der Waals surface area contributed by atoms with Crippen LogP contribution in [0.4, 0.5) is 5.82 Å². The molecule has 0 bridgehead atoms. The van der Waals surface area contributed by atoms with Crippen molar-refractivity contribution in [3.8, 4) is 28.5 Å². The summed E-state index contributed by atoms with van der Waals surface area (Å²) in [6.07, 6.45) is 5.31. The summed E-state index contributed by atoms with van der Waals surface area (Å²) in [5.74, 6) is 2.76. The standard InChI is InChI=1S/C18H23N3O3/c1-22-15-8-7-13(17(23-2)18(15)24-3)14-11-16(20-12-19-14)21-9-5-4-6-10-21/h7-8,11-12H,4-6,9-10H2,1-3H3. The average molecular weight is 329 g/mol. The van der Waals surface area contributed by atoms with Crippen LogP contribution >= 0.6 is 0 Å². The summed E-state index contributed by atoms with van der Waals surface area (Å²) >= 11 is 0. The zero-order valence-corrected chi connectivity index (χ0v) is 14.4. The molecule has 24 heavy (non-hydrogen) atoms. The smallest absolute Gasteiger partial charge is 0.203 e. The molecule has 2 aromatic rings. The van der Waals surface area contributed by atoms with Gasteiger partial charge in [-0.25, -0.2) is 9.97 Å². The van der Waals surface area contributed by atoms with Gasteiger partial charge in [0, 0.05) is 24.7 Å². The van der Waals surface area contributed by atoms with Gasteiger partial charge >= 0.3 is 0 Å². The lowest BCUT2D eigenvalue weighted by atomic mass is 10.1. The van der Waals surface area contributed by atoms with Crippen LogP contribution < -0.4 is 19.1 Å². The summed E-state index contributed by atoms with van der Waals surface area (Å²) in [6.45, 7) is 2.08. The maximum absolute atomic E-state index is 5.57. The number of benzene rings is 1. The van der Waals surface area contributed by atoms with E-state index in [4.69, 9.17) is 14.2 Å². The predicted molar refractivity (Wildman–Crippen MR) is 93.2 cm³/mol. The summed E-state index contributed by atoms with van der Waals surface area (Å²) in [5, 5.41) is 0. The zero-order valence-electron chi connectivity index (χ0n) is 14.4. The molecule has 6 heteroatoms. The Morgan fingerprint density at radius 3 is 2.29 bits per heavy atom. The van der Waals surface area contributed by atoms with Gasteiger partial charge < -0.3 is 19.1 Å². The van der Waals surface area contributed by atoms with E-state index in [1.165, 1.54) is 19.3 Å². The lowest BCUT2D eigenvalue weighted by molar-refractivity contribution is 0.325. The minimum absolute atomic E-state index is 0.565. The number of rotatable bonds is 5. The molecule has 0 N–H and O–H groups in total. The molecule has 6 nitrogen and oxygen atoms in total. The van der Waals surface area contributed by atoms with Crippen LogP contribution in [-0.4, -0.2) is 44.4 Å². The van der Waals surface area contributed by atoms with Gasteiger partial charge in [0.15, 0.2) is 11.5 Å². The number of aromatic nitrogens is 2. The maximum Gasteiger partial charge on any atom is 0.203 e. The Morgan fingerprint density at radius 1 is 0.875 bits per heavy atom. The van der Waals surface area contributed by atoms with Gasteiger partial charge in [0.1, 0.15) is 12.1 Å². The summed E-state index contributed by atoms with van der Waals surface area (Å²) in [5.41, 5.74) is 1.67. The zero-order chi connectivity index (χ0) is 16.9. The normalized spacial score (nSPS) is 14.4. The minimum atomic E-state index is 0.565. The van der Waals surface area contributed by atoms with Gasteiger partial charge in [0.25, 0.3) is 0 Å². The molecule has 0 unspecified atom stereocenters. The fraction of sp³-hybridized carbons (Fsp3) is 0.444. The SMILES string of the molecule is COc1ccc(-c2cc(N3CCCCC3)ncn2)c(OC)c1OC. The second-order valence-electron chi connectivity index (χ2n) is 5.69. The van der Waals surface area contributed by atoms with Crippen LogP contribution in [0.2, 0.25) is 0 Å². The molecule has 1 saturated heterocycles. The first kappa shape index (κ1) is 16.4. The van der Waals surface area contributed by atoms with Gasteiger partial charge in [-0.2, -0.15) is 0 Å². The highest BCUT2D eigenvalue weighted by molar-refractivity contribution is 5.75. The van der Waals surface area contributed by atoms with Gasteiger partial charge in [0.05, 0.1) is 27.0 Å². The molecular formula is C18H23N3O3. The number of piperidine rings is 1. The fourth-order valence-corrected chi connectivity index (χ4v) is 3.09. The van der Waals surface area contributed by atoms with Crippen LogP contribution in [0.5, 0.6) is 17.2 Å². The Hall–Kier alpha value is -2.50. The molecule has 1 aromatic carbocycles. The Kier molecular flexibility index (Phi) is 5.03. The molecule has 0 spiro atoms. The van der Waals surface area contributed by atoms with E-state index in [1.54, 1.807) is 27.7 Å². The molecule has 2 heterocycles. The van der Waals surface area contributed by atoms with Crippen molar-refractivity contribution in [1.82, 2.24) is 9.97 Å². The average Bonchev–Trinajstić information content (AvgIpc) is 2.67. The predicted octanol–water partition coefficient (Wildman–Crippen LogP) is 3.16. The monoisotopic (exact) mass is 329 g/mol. The van der Waals surface area contributed by atoms with E-state index in [1.807, 2.05) is 18.2 Å². The molecule has 0 radical (unpaired) electrons. The van der Waals surface area contributed by atoms with E-state index >= 15 is 0 Å². The third-order valence-corrected chi connectivity index (χ3v) is 4.31. The van der Waals surface area contributed by atoms with Crippen LogP contribution in [0.3, 0.4) is 0 Å². The first-order valence-corrected chi connectivity index (χ1v) is 8.14. The Labute approximate surface area is 142 Å². The van der Waals surface area contributed by atoms with Gasteiger partial charge in [-0.1, -0.05) is 0 Å². The molecule has 1 aliphatic heterocycles. The van der Waals surface area contributed by atoms with Gasteiger partial charge in [0.2, 0.25) is 5.75 Å². The molecule has 1 aliphatic rings. The van der Waals surface area contributed by atoms with Crippen LogP contribution in [0.15, 0.2) is 24.5 Å². The Morgan fingerprint density at radius 2 is 1.62 bits per heavy atom. The molecule has 0 amide bonds. The number of ether oxygens (including phenoxy) is 3. The summed E-state index contributed by atoms with van der Waals surface area (Å²) in [7, 11) is 4.83. The van der Waals surface area contributed by atoms with Gasteiger partial charge in [-0.05, 0) is 31.4 Å². The third kappa shape index (κ3) is 3.09. The molecular weight excluding hydrogens is 306 g/mol. The quantitative estimate of drug-likeness (QED) is 0.840. The highest BCUT2D eigenvalue weighted by Gasteiger charge is 2.19. The molecule has 3 rings (SSSR count). The lowest BCUT2D eigenvalue weighted by Gasteiger charge is -2.27. The van der Waals surface area contributed by atoms with E-state index < -0.39 is 0 Å². The van der Waals surface area contributed by atoms with E-state index in [0.717, 1.165) is 30.2 Å². The van der Waals surface area contributed by atoms with E-state index in [-0.39, 0.29) is 0 Å². The molecule has 1 fully saturated rings. The minimum Gasteiger partial charge on any atom is -0.493 e. The number of hydrogen-bond acceptors (Lipinski definition) is 6. The summed E-state index contributed by atoms with van der Waals surface area (Å²) in [4.78, 5) is 11.2. The Balaban J connectivity index is 2.02. The van der Waals surface area contributed by atoms with E-state index in [9.17, 15) is 0 Å². The van der Waals surface area contributed by atoms with E-state index in [0.29, 0.717) is 17.2 Å². The first-order chi connectivity index (χ1) is 11.8. The third-order valence-electron chi connectivity index (χ3n) is 4.31. The van der Waals surface area contributed by atoms with Crippen molar-refractivity contribution in [3.05, 3.63) is 24.5 Å². The molecule has 0 saturated carbocycles. The summed E-state index contributed by atoms with van der Waals surface area (Å²) in [6, 6.07) is 5.80. The number of hydrogen-bond donors (Lipinski definition) is 0. The van der Waals surface area contributed by atoms with Crippen LogP contribution in [0.1, 0.15) is 19.3 Å². The number of anilines is 1. The second-order valence-corrected chi connectivity index (χ2v) is 5.69. The second kappa shape index (κ2) is 7.38. The number of methoxy groups -OCH3 is 3. The largest absolute Gasteiger partial charge is 0.493 e. The first-order valence-electron chi connectivity index (χ1n) is 8.14. The van der Waals surface area contributed by atoms with Crippen molar-refractivity contribution in [3.63, 3.8) is 0 Å². The van der Waals surface area contributed by atoms with Gasteiger partial charge in [-0.3, -0.25) is 0 Å². The van der Waals surface area contributed by atoms with Crippen LogP contribution in [0, 0.1) is 0 Å². The highest BCUT2D eigenvalue weighted by atomic mass is 16.5. The van der Waals surface area contributed by atoms with E-state index in [2.05, 4.69) is 14.9 Å². The molecule has 1 aromatic heterocycles. The topological polar surface area (TPSA) is 56.7 Å². The van der Waals surface area contributed by atoms with Crippen LogP contribution in [-0.2, 0) is 0 Å². The van der Waals surface area contributed by atoms with Crippen molar-refractivity contribution in [2.45, 2.75) is 19.3 Å². The van der Waals surface area contributed by atoms with Crippen molar-refractivity contribution < 1.29 is 14.2 Å².